The van der Waals surface area contributed by atoms with Crippen molar-refractivity contribution in [1.29, 1.82) is 0 Å². The third kappa shape index (κ3) is 2.38. The molecule has 2 heterocycles. The molecule has 90 valence electrons. The van der Waals surface area contributed by atoms with Crippen LogP contribution in [0.3, 0.4) is 0 Å². The Kier molecular flexibility index (Phi) is 3.02. The van der Waals surface area contributed by atoms with E-state index in [2.05, 4.69) is 26.2 Å². The Labute approximate surface area is 113 Å². The van der Waals surface area contributed by atoms with Crippen molar-refractivity contribution in [3.8, 4) is 0 Å². The summed E-state index contributed by atoms with van der Waals surface area (Å²) in [5.41, 5.74) is 0.915. The molecule has 0 atom stereocenters. The van der Waals surface area contributed by atoms with E-state index in [1.807, 2.05) is 42.5 Å². The van der Waals surface area contributed by atoms with Gasteiger partial charge in [0, 0.05) is 16.1 Å². The first-order chi connectivity index (χ1) is 8.81. The highest BCUT2D eigenvalue weighted by Gasteiger charge is 2.02. The minimum atomic E-state index is 0.628. The molecule has 3 nitrogen and oxygen atoms in total. The average molecular weight is 303 g/mol. The van der Waals surface area contributed by atoms with Crippen LogP contribution < -0.4 is 5.32 Å². The number of para-hydroxylation sites is 1. The van der Waals surface area contributed by atoms with Crippen molar-refractivity contribution >= 4 is 32.7 Å². The molecule has 3 rings (SSSR count). The van der Waals surface area contributed by atoms with Gasteiger partial charge in [0.25, 0.3) is 0 Å². The zero-order valence-corrected chi connectivity index (χ0v) is 11.1. The van der Waals surface area contributed by atoms with Crippen LogP contribution in [0.1, 0.15) is 5.76 Å². The number of nitrogens with one attached hydrogen (secondary N) is 1. The summed E-state index contributed by atoms with van der Waals surface area (Å²) >= 11 is 3.36. The monoisotopic (exact) mass is 302 g/mol. The number of hydrogen-bond acceptors (Lipinski definition) is 3. The first-order valence-electron chi connectivity index (χ1n) is 5.64. The lowest BCUT2D eigenvalue weighted by molar-refractivity contribution is 0.559. The molecule has 3 aromatic rings. The van der Waals surface area contributed by atoms with Crippen LogP contribution >= 0.6 is 15.9 Å². The Bertz CT molecular complexity index is 628. The van der Waals surface area contributed by atoms with Gasteiger partial charge in [0.15, 0.2) is 0 Å². The lowest BCUT2D eigenvalue weighted by Gasteiger charge is -2.02. The maximum absolute atomic E-state index is 5.71. The molecule has 0 spiro atoms. The quantitative estimate of drug-likeness (QED) is 0.788. The second-order valence-electron chi connectivity index (χ2n) is 3.97. The van der Waals surface area contributed by atoms with Crippen molar-refractivity contribution in [2.45, 2.75) is 6.54 Å². The fourth-order valence-corrected chi connectivity index (χ4v) is 2.02. The molecular weight excluding hydrogens is 292 g/mol. The van der Waals surface area contributed by atoms with Crippen LogP contribution in [0.2, 0.25) is 0 Å². The van der Waals surface area contributed by atoms with Gasteiger partial charge in [-0.05, 0) is 40.2 Å². The van der Waals surface area contributed by atoms with Crippen molar-refractivity contribution < 1.29 is 4.42 Å². The molecule has 0 fully saturated rings. The van der Waals surface area contributed by atoms with Gasteiger partial charge in [0.2, 0.25) is 0 Å². The number of furan rings is 1. The van der Waals surface area contributed by atoms with Gasteiger partial charge in [0.1, 0.15) is 17.2 Å². The van der Waals surface area contributed by atoms with Crippen LogP contribution in [-0.2, 0) is 6.54 Å². The number of rotatable bonds is 3. The third-order valence-corrected chi connectivity index (χ3v) is 3.12. The van der Waals surface area contributed by atoms with Gasteiger partial charge in [-0.3, -0.25) is 0 Å². The van der Waals surface area contributed by atoms with Gasteiger partial charge in [0.05, 0.1) is 6.54 Å². The number of fused-ring (bicyclic) bond motifs is 1. The molecule has 0 bridgehead atoms. The Morgan fingerprint density at radius 2 is 2.06 bits per heavy atom. The molecule has 0 aliphatic heterocycles. The number of aromatic nitrogens is 1. The van der Waals surface area contributed by atoms with Gasteiger partial charge in [-0.15, -0.1) is 0 Å². The van der Waals surface area contributed by atoms with Crippen molar-refractivity contribution in [3.05, 3.63) is 58.9 Å². The maximum atomic E-state index is 5.71. The van der Waals surface area contributed by atoms with E-state index in [0.29, 0.717) is 6.54 Å². The lowest BCUT2D eigenvalue weighted by Crippen LogP contribution is -1.99. The molecule has 1 aromatic carbocycles. The van der Waals surface area contributed by atoms with Crippen molar-refractivity contribution in [1.82, 2.24) is 4.98 Å². The zero-order valence-electron chi connectivity index (χ0n) is 9.56. The molecule has 0 radical (unpaired) electrons. The predicted molar refractivity (Wildman–Crippen MR) is 75.5 cm³/mol. The van der Waals surface area contributed by atoms with Crippen LogP contribution in [0.5, 0.6) is 0 Å². The topological polar surface area (TPSA) is 38.1 Å². The zero-order chi connectivity index (χ0) is 12.4. The molecule has 0 unspecified atom stereocenters. The molecule has 0 aliphatic rings. The van der Waals surface area contributed by atoms with E-state index in [1.54, 1.807) is 6.20 Å². The SMILES string of the molecule is Brc1ccc(NCc2cc3ccccc3o2)nc1. The number of hydrogen-bond donors (Lipinski definition) is 1. The summed E-state index contributed by atoms with van der Waals surface area (Å²) in [5.74, 6) is 1.74. The van der Waals surface area contributed by atoms with E-state index in [1.165, 1.54) is 0 Å². The Morgan fingerprint density at radius 3 is 2.83 bits per heavy atom. The van der Waals surface area contributed by atoms with Crippen LogP contribution in [-0.4, -0.2) is 4.98 Å². The van der Waals surface area contributed by atoms with Gasteiger partial charge in [-0.2, -0.15) is 0 Å². The minimum Gasteiger partial charge on any atom is -0.459 e. The average Bonchev–Trinajstić information content (AvgIpc) is 2.81. The summed E-state index contributed by atoms with van der Waals surface area (Å²) in [4.78, 5) is 4.25. The summed E-state index contributed by atoms with van der Waals surface area (Å²) in [7, 11) is 0. The van der Waals surface area contributed by atoms with Crippen LogP contribution in [0.4, 0.5) is 5.82 Å². The Morgan fingerprint density at radius 1 is 1.17 bits per heavy atom. The normalized spacial score (nSPS) is 10.7. The van der Waals surface area contributed by atoms with Crippen molar-refractivity contribution in [2.75, 3.05) is 5.32 Å². The van der Waals surface area contributed by atoms with E-state index in [4.69, 9.17) is 4.42 Å². The molecule has 18 heavy (non-hydrogen) atoms. The van der Waals surface area contributed by atoms with E-state index >= 15 is 0 Å². The van der Waals surface area contributed by atoms with E-state index in [9.17, 15) is 0 Å². The lowest BCUT2D eigenvalue weighted by atomic mass is 10.2. The molecule has 0 amide bonds. The number of halogens is 1. The fraction of sp³-hybridized carbons (Fsp3) is 0.0714. The van der Waals surface area contributed by atoms with Crippen molar-refractivity contribution in [3.63, 3.8) is 0 Å². The smallest absolute Gasteiger partial charge is 0.134 e. The second kappa shape index (κ2) is 4.82. The highest BCUT2D eigenvalue weighted by molar-refractivity contribution is 9.10. The highest BCUT2D eigenvalue weighted by atomic mass is 79.9. The summed E-state index contributed by atoms with van der Waals surface area (Å²) in [6.45, 7) is 0.628. The van der Waals surface area contributed by atoms with Crippen LogP contribution in [0.25, 0.3) is 11.0 Å². The summed E-state index contributed by atoms with van der Waals surface area (Å²) in [5, 5.41) is 4.35. The summed E-state index contributed by atoms with van der Waals surface area (Å²) in [6, 6.07) is 13.9. The van der Waals surface area contributed by atoms with Crippen LogP contribution in [0, 0.1) is 0 Å². The predicted octanol–water partition coefficient (Wildman–Crippen LogP) is 4.20. The van der Waals surface area contributed by atoms with Gasteiger partial charge in [-0.25, -0.2) is 4.98 Å². The first kappa shape index (κ1) is 11.3. The maximum Gasteiger partial charge on any atom is 0.134 e. The molecule has 2 aromatic heterocycles. The molecule has 1 N–H and O–H groups in total. The summed E-state index contributed by atoms with van der Waals surface area (Å²) < 4.78 is 6.68. The number of pyridine rings is 1. The van der Waals surface area contributed by atoms with Crippen molar-refractivity contribution in [2.24, 2.45) is 0 Å². The standard InChI is InChI=1S/C14H11BrN2O/c15-11-5-6-14(16-8-11)17-9-12-7-10-3-1-2-4-13(10)18-12/h1-8H,9H2,(H,16,17). The van der Waals surface area contributed by atoms with Gasteiger partial charge < -0.3 is 9.73 Å². The van der Waals surface area contributed by atoms with Gasteiger partial charge >= 0.3 is 0 Å². The molecule has 0 saturated heterocycles. The minimum absolute atomic E-state index is 0.628. The number of benzene rings is 1. The third-order valence-electron chi connectivity index (χ3n) is 2.65. The molecule has 0 aliphatic carbocycles. The van der Waals surface area contributed by atoms with E-state index in [0.717, 1.165) is 27.0 Å². The number of nitrogens with zero attached hydrogens (tertiary/aromatic N) is 1. The largest absolute Gasteiger partial charge is 0.459 e. The second-order valence-corrected chi connectivity index (χ2v) is 4.88. The molecular formula is C14H11BrN2O. The Hall–Kier alpha value is -1.81. The first-order valence-corrected chi connectivity index (χ1v) is 6.43. The number of anilines is 1. The van der Waals surface area contributed by atoms with Crippen LogP contribution in [0.15, 0.2) is 57.6 Å². The highest BCUT2D eigenvalue weighted by Crippen LogP contribution is 2.19. The summed E-state index contributed by atoms with van der Waals surface area (Å²) in [6.07, 6.45) is 1.76. The molecule has 4 heteroatoms. The van der Waals surface area contributed by atoms with E-state index < -0.39 is 0 Å². The Balaban J connectivity index is 1.74. The fourth-order valence-electron chi connectivity index (χ4n) is 1.78. The van der Waals surface area contributed by atoms with E-state index in [-0.39, 0.29) is 0 Å². The van der Waals surface area contributed by atoms with Gasteiger partial charge in [-0.1, -0.05) is 18.2 Å². The molecule has 0 saturated carbocycles.